The van der Waals surface area contributed by atoms with Crippen molar-refractivity contribution in [2.75, 3.05) is 0 Å². The van der Waals surface area contributed by atoms with E-state index in [1.165, 1.54) is 38.6 Å². The van der Waals surface area contributed by atoms with Gasteiger partial charge in [-0.2, -0.15) is 18.2 Å². The van der Waals surface area contributed by atoms with E-state index in [4.69, 9.17) is 9.72 Å². The molecule has 1 aliphatic carbocycles. The van der Waals surface area contributed by atoms with E-state index in [9.17, 15) is 0 Å². The predicted molar refractivity (Wildman–Crippen MR) is 277 cm³/mol. The Morgan fingerprint density at radius 2 is 1.26 bits per heavy atom. The average Bonchev–Trinajstić information content (AvgIpc) is 3.86. The van der Waals surface area contributed by atoms with Crippen LogP contribution in [-0.4, -0.2) is 14.1 Å². The number of benzene rings is 8. The number of hydrogen-bond acceptors (Lipinski definition) is 2. The SMILES string of the molecule is Cc1cc(-n2c3c(c4ccc(Oc5[c-]c(-n6[c-][n+](-c7ccc(C(C)(C)C)cc7)c7ccccc76)ccc5)[c-]c42)-c2cccc4cccc(c24)-c2ccccc2-3)ncc1-c1cccc(C(C)(C)C)c1.[Pt]. The standard InChI is InChI=1S/C63H50N4O.Pt/c1-40-34-58(64-38-54(40)42-18-12-19-44(35-42)63(5,6)7)67-57-37-48(32-33-52(57)60-53-25-14-17-41-16-13-24-50(59(41)53)49-22-8-9-23-51(49)61(60)67)68-47-21-15-20-46(36-47)66-39-65(55-26-10-11-27-56(55)66)45-30-28-43(29-31-45)62(2,3)4;/h8-35,38H,1-7H3;/q-2;. The number of hydrogen-bond donors (Lipinski definition) is 0. The molecule has 5 nitrogen and oxygen atoms in total. The minimum Gasteiger partial charge on any atom is -0.510 e. The number of para-hydroxylation sites is 2. The summed E-state index contributed by atoms with van der Waals surface area (Å²) in [5.74, 6) is 1.97. The van der Waals surface area contributed by atoms with Crippen molar-refractivity contribution in [2.45, 2.75) is 59.3 Å². The van der Waals surface area contributed by atoms with Crippen LogP contribution in [0.2, 0.25) is 0 Å². The van der Waals surface area contributed by atoms with Crippen molar-refractivity contribution in [2.24, 2.45) is 0 Å². The summed E-state index contributed by atoms with van der Waals surface area (Å²) in [7, 11) is 0. The molecule has 0 amide bonds. The van der Waals surface area contributed by atoms with Gasteiger partial charge in [0.15, 0.2) is 0 Å². The zero-order valence-corrected chi connectivity index (χ0v) is 42.0. The fraction of sp³-hybridized carbons (Fsp3) is 0.143. The van der Waals surface area contributed by atoms with Crippen LogP contribution in [0.25, 0.3) is 94.5 Å². The summed E-state index contributed by atoms with van der Waals surface area (Å²) < 4.78 is 13.3. The van der Waals surface area contributed by atoms with Crippen LogP contribution in [0.5, 0.6) is 11.5 Å². The molecule has 0 aliphatic heterocycles. The summed E-state index contributed by atoms with van der Waals surface area (Å²) in [5, 5.41) is 3.51. The van der Waals surface area contributed by atoms with Gasteiger partial charge in [0.2, 0.25) is 0 Å². The summed E-state index contributed by atoms with van der Waals surface area (Å²) in [5.41, 5.74) is 17.8. The molecule has 12 rings (SSSR count). The molecule has 0 saturated carbocycles. The summed E-state index contributed by atoms with van der Waals surface area (Å²) >= 11 is 0. The van der Waals surface area contributed by atoms with Gasteiger partial charge in [-0.3, -0.25) is 4.57 Å². The first-order chi connectivity index (χ1) is 32.9. The first kappa shape index (κ1) is 44.2. The van der Waals surface area contributed by atoms with Gasteiger partial charge in [-0.15, -0.1) is 29.7 Å². The van der Waals surface area contributed by atoms with E-state index in [0.29, 0.717) is 11.5 Å². The Morgan fingerprint density at radius 1 is 0.580 bits per heavy atom. The smallest absolute Gasteiger partial charge is 0.268 e. The molecule has 6 heteroatoms. The van der Waals surface area contributed by atoms with E-state index in [1.807, 2.05) is 30.5 Å². The van der Waals surface area contributed by atoms with Crippen LogP contribution in [0.3, 0.4) is 0 Å². The number of nitrogens with zero attached hydrogens (tertiary/aromatic N) is 4. The Labute approximate surface area is 418 Å². The molecule has 0 N–H and O–H groups in total. The monoisotopic (exact) mass is 1070 g/mol. The first-order valence-corrected chi connectivity index (χ1v) is 23.5. The number of pyridine rings is 1. The molecule has 0 spiro atoms. The predicted octanol–water partition coefficient (Wildman–Crippen LogP) is 15.5. The molecule has 0 saturated heterocycles. The molecule has 0 bridgehead atoms. The number of ether oxygens (including phenoxy) is 1. The third-order valence-electron chi connectivity index (χ3n) is 13.6. The van der Waals surface area contributed by atoms with Gasteiger partial charge in [-0.05, 0) is 96.9 Å². The molecule has 0 fully saturated rings. The number of aryl methyl sites for hydroxylation is 1. The summed E-state index contributed by atoms with van der Waals surface area (Å²) in [4.78, 5) is 5.32. The second-order valence-electron chi connectivity index (χ2n) is 20.1. The van der Waals surface area contributed by atoms with Crippen molar-refractivity contribution in [3.8, 4) is 73.3 Å². The minimum absolute atomic E-state index is 0. The molecule has 69 heavy (non-hydrogen) atoms. The van der Waals surface area contributed by atoms with Crippen LogP contribution in [0.4, 0.5) is 0 Å². The fourth-order valence-electron chi connectivity index (χ4n) is 10.1. The van der Waals surface area contributed by atoms with Gasteiger partial charge in [-0.1, -0.05) is 168 Å². The molecule has 3 heterocycles. The maximum atomic E-state index is 6.79. The number of imidazole rings is 1. The van der Waals surface area contributed by atoms with E-state index in [1.54, 1.807) is 0 Å². The molecule has 3 aromatic heterocycles. The number of rotatable bonds is 6. The van der Waals surface area contributed by atoms with Crippen LogP contribution in [-0.2, 0) is 31.9 Å². The number of fused-ring (bicyclic) bond motifs is 8. The van der Waals surface area contributed by atoms with Crippen LogP contribution in [0, 0.1) is 25.4 Å². The van der Waals surface area contributed by atoms with Gasteiger partial charge in [0.25, 0.3) is 6.33 Å². The van der Waals surface area contributed by atoms with Gasteiger partial charge >= 0.3 is 0 Å². The average molecular weight is 1070 g/mol. The fourth-order valence-corrected chi connectivity index (χ4v) is 10.1. The first-order valence-electron chi connectivity index (χ1n) is 23.5. The van der Waals surface area contributed by atoms with Crippen molar-refractivity contribution in [3.63, 3.8) is 0 Å². The van der Waals surface area contributed by atoms with Gasteiger partial charge in [0.1, 0.15) is 5.82 Å². The maximum absolute atomic E-state index is 6.79. The van der Waals surface area contributed by atoms with E-state index >= 15 is 0 Å². The summed E-state index contributed by atoms with van der Waals surface area (Å²) in [6, 6.07) is 67.9. The molecule has 0 atom stereocenters. The Bertz CT molecular complexity index is 3800. The third kappa shape index (κ3) is 7.52. The van der Waals surface area contributed by atoms with Crippen LogP contribution in [0.15, 0.2) is 176 Å². The summed E-state index contributed by atoms with van der Waals surface area (Å²) in [6.45, 7) is 15.7. The molecule has 0 unspecified atom stereocenters. The topological polar surface area (TPSA) is 35.9 Å². The van der Waals surface area contributed by atoms with Gasteiger partial charge in [0.05, 0.1) is 16.7 Å². The van der Waals surface area contributed by atoms with Gasteiger partial charge < -0.3 is 13.9 Å². The van der Waals surface area contributed by atoms with Crippen LogP contribution < -0.4 is 9.30 Å². The quantitative estimate of drug-likeness (QED) is 0.123. The normalized spacial score (nSPS) is 12.2. The molecular formula is C63H50N4OPt-2. The van der Waals surface area contributed by atoms with Crippen molar-refractivity contribution in [1.82, 2.24) is 14.1 Å². The minimum atomic E-state index is 0. The Hall–Kier alpha value is -7.33. The van der Waals surface area contributed by atoms with Gasteiger partial charge in [0, 0.05) is 55.6 Å². The van der Waals surface area contributed by atoms with Crippen molar-refractivity contribution < 1.29 is 30.4 Å². The van der Waals surface area contributed by atoms with Crippen LogP contribution >= 0.6 is 0 Å². The zero-order valence-electron chi connectivity index (χ0n) is 39.8. The molecule has 11 aromatic rings. The zero-order chi connectivity index (χ0) is 46.5. The second kappa shape index (κ2) is 16.7. The van der Waals surface area contributed by atoms with E-state index in [0.717, 1.165) is 72.6 Å². The Morgan fingerprint density at radius 3 is 2.03 bits per heavy atom. The maximum Gasteiger partial charge on any atom is 0.268 e. The van der Waals surface area contributed by atoms with Crippen molar-refractivity contribution >= 4 is 32.7 Å². The third-order valence-corrected chi connectivity index (χ3v) is 13.6. The van der Waals surface area contributed by atoms with E-state index in [2.05, 4.69) is 226 Å². The summed E-state index contributed by atoms with van der Waals surface area (Å²) in [6.07, 6.45) is 5.67. The molecule has 1 aliphatic rings. The molecule has 8 aromatic carbocycles. The molecule has 0 radical (unpaired) electrons. The van der Waals surface area contributed by atoms with Crippen molar-refractivity contribution in [1.29, 1.82) is 0 Å². The molecule has 340 valence electrons. The van der Waals surface area contributed by atoms with Crippen molar-refractivity contribution in [3.05, 3.63) is 211 Å². The van der Waals surface area contributed by atoms with E-state index < -0.39 is 0 Å². The second-order valence-corrected chi connectivity index (χ2v) is 20.1. The molecular weight excluding hydrogens is 1020 g/mol. The number of aromatic nitrogens is 4. The largest absolute Gasteiger partial charge is 0.510 e. The Kier molecular flexibility index (Phi) is 10.7. The van der Waals surface area contributed by atoms with Gasteiger partial charge in [-0.25, -0.2) is 4.98 Å². The van der Waals surface area contributed by atoms with Crippen LogP contribution in [0.1, 0.15) is 58.2 Å². The Balaban J connectivity index is 0.00000520. The van der Waals surface area contributed by atoms with E-state index in [-0.39, 0.29) is 31.9 Å².